The van der Waals surface area contributed by atoms with Crippen LogP contribution >= 0.6 is 0 Å². The molecular formula is C20H23N3O3. The molecule has 6 heteroatoms. The van der Waals surface area contributed by atoms with Gasteiger partial charge in [0.2, 0.25) is 0 Å². The minimum Gasteiger partial charge on any atom is -0.476 e. The van der Waals surface area contributed by atoms with Gasteiger partial charge >= 0.3 is 5.97 Å². The molecule has 5 heterocycles. The third-order valence-electron chi connectivity index (χ3n) is 6.18. The Kier molecular flexibility index (Phi) is 3.83. The maximum atomic E-state index is 11.7. The number of aromatic carboxylic acids is 1. The molecule has 2 bridgehead atoms. The second-order valence-corrected chi connectivity index (χ2v) is 7.59. The molecule has 0 radical (unpaired) electrons. The standard InChI is InChI=1S/C20H23N3O3/c24-20(25)19-16-2-1-15(13-5-9-26-10-6-13)11-17(16)23(21-19)18-12-22-7-3-14(18)4-8-22/h1-2,5,11,14,18H,3-4,6-10,12H2,(H,24,25)/t18-/m1/s1. The van der Waals surface area contributed by atoms with Gasteiger partial charge in [-0.1, -0.05) is 12.1 Å². The van der Waals surface area contributed by atoms with Crippen molar-refractivity contribution in [3.05, 3.63) is 35.5 Å². The minimum atomic E-state index is -0.951. The van der Waals surface area contributed by atoms with Gasteiger partial charge in [0.25, 0.3) is 0 Å². The quantitative estimate of drug-likeness (QED) is 0.919. The van der Waals surface area contributed by atoms with Gasteiger partial charge in [0.1, 0.15) is 0 Å². The SMILES string of the molecule is O=C(O)c1nn([C@@H]2CN3CCC2CC3)c2cc(C3=CCOCC3)ccc12. The molecule has 136 valence electrons. The fourth-order valence-electron chi connectivity index (χ4n) is 4.75. The molecule has 2 aromatic rings. The summed E-state index contributed by atoms with van der Waals surface area (Å²) >= 11 is 0. The Morgan fingerprint density at radius 1 is 1.27 bits per heavy atom. The van der Waals surface area contributed by atoms with E-state index in [0.717, 1.165) is 49.1 Å². The fraction of sp³-hybridized carbons (Fsp3) is 0.500. The van der Waals surface area contributed by atoms with E-state index in [4.69, 9.17) is 4.74 Å². The van der Waals surface area contributed by atoms with E-state index < -0.39 is 5.97 Å². The molecule has 0 aliphatic carbocycles. The van der Waals surface area contributed by atoms with Crippen LogP contribution in [0.2, 0.25) is 0 Å². The second kappa shape index (κ2) is 6.21. The highest BCUT2D eigenvalue weighted by Gasteiger charge is 2.37. The van der Waals surface area contributed by atoms with Crippen molar-refractivity contribution >= 4 is 22.4 Å². The average molecular weight is 353 g/mol. The van der Waals surface area contributed by atoms with Gasteiger partial charge in [0, 0.05) is 11.9 Å². The summed E-state index contributed by atoms with van der Waals surface area (Å²) in [5.41, 5.74) is 3.55. The van der Waals surface area contributed by atoms with Gasteiger partial charge in [0.05, 0.1) is 24.8 Å². The van der Waals surface area contributed by atoms with E-state index in [2.05, 4.69) is 22.1 Å². The summed E-state index contributed by atoms with van der Waals surface area (Å²) < 4.78 is 7.43. The van der Waals surface area contributed by atoms with Crippen LogP contribution in [-0.4, -0.2) is 58.6 Å². The maximum Gasteiger partial charge on any atom is 0.357 e. The van der Waals surface area contributed by atoms with E-state index in [-0.39, 0.29) is 11.7 Å². The Bertz CT molecular complexity index is 893. The monoisotopic (exact) mass is 353 g/mol. The topological polar surface area (TPSA) is 67.6 Å². The first kappa shape index (κ1) is 16.0. The Morgan fingerprint density at radius 3 is 2.77 bits per heavy atom. The summed E-state index contributed by atoms with van der Waals surface area (Å²) in [6.45, 7) is 4.67. The third-order valence-corrected chi connectivity index (χ3v) is 6.18. The van der Waals surface area contributed by atoms with E-state index >= 15 is 0 Å². The number of hydrogen-bond acceptors (Lipinski definition) is 4. The largest absolute Gasteiger partial charge is 0.476 e. The molecule has 0 unspecified atom stereocenters. The average Bonchev–Trinajstić information content (AvgIpc) is 3.08. The summed E-state index contributed by atoms with van der Waals surface area (Å²) in [5, 5.41) is 14.9. The normalized spacial score (nSPS) is 28.3. The van der Waals surface area contributed by atoms with E-state index in [1.165, 1.54) is 18.4 Å². The fourth-order valence-corrected chi connectivity index (χ4v) is 4.75. The predicted molar refractivity (Wildman–Crippen MR) is 98.3 cm³/mol. The Hall–Kier alpha value is -2.18. The molecule has 3 fully saturated rings. The number of rotatable bonds is 3. The lowest BCUT2D eigenvalue weighted by Crippen LogP contribution is -2.48. The van der Waals surface area contributed by atoms with Crippen molar-refractivity contribution in [2.24, 2.45) is 5.92 Å². The number of carboxylic acids is 1. The third kappa shape index (κ3) is 2.56. The van der Waals surface area contributed by atoms with Gasteiger partial charge in [-0.3, -0.25) is 4.68 Å². The zero-order valence-corrected chi connectivity index (χ0v) is 14.7. The van der Waals surface area contributed by atoms with Crippen LogP contribution in [0.4, 0.5) is 0 Å². The molecule has 3 saturated heterocycles. The number of benzene rings is 1. The number of nitrogens with zero attached hydrogens (tertiary/aromatic N) is 3. The van der Waals surface area contributed by atoms with E-state index in [1.807, 2.05) is 16.8 Å². The van der Waals surface area contributed by atoms with Crippen molar-refractivity contribution in [2.75, 3.05) is 32.8 Å². The van der Waals surface area contributed by atoms with Crippen molar-refractivity contribution < 1.29 is 14.6 Å². The number of aromatic nitrogens is 2. The molecule has 6 nitrogen and oxygen atoms in total. The number of carbonyl (C=O) groups is 1. The molecule has 0 spiro atoms. The molecule has 1 aromatic heterocycles. The first-order valence-electron chi connectivity index (χ1n) is 9.46. The molecule has 4 aliphatic rings. The number of piperidine rings is 3. The summed E-state index contributed by atoms with van der Waals surface area (Å²) in [7, 11) is 0. The number of ether oxygens (including phenoxy) is 1. The van der Waals surface area contributed by atoms with Gasteiger partial charge in [-0.2, -0.15) is 5.10 Å². The highest BCUT2D eigenvalue weighted by molar-refractivity contribution is 6.02. The van der Waals surface area contributed by atoms with E-state index in [0.29, 0.717) is 12.5 Å². The summed E-state index contributed by atoms with van der Waals surface area (Å²) in [6, 6.07) is 6.35. The molecule has 0 amide bonds. The molecule has 1 aromatic carbocycles. The van der Waals surface area contributed by atoms with E-state index in [1.54, 1.807) is 0 Å². The number of carboxylic acid groups (broad SMARTS) is 1. The lowest BCUT2D eigenvalue weighted by Gasteiger charge is -2.44. The minimum absolute atomic E-state index is 0.170. The molecule has 6 rings (SSSR count). The molecular weight excluding hydrogens is 330 g/mol. The zero-order chi connectivity index (χ0) is 17.7. The second-order valence-electron chi connectivity index (χ2n) is 7.59. The summed E-state index contributed by atoms with van der Waals surface area (Å²) in [6.07, 6.45) is 5.37. The molecule has 0 saturated carbocycles. The van der Waals surface area contributed by atoms with Crippen molar-refractivity contribution in [3.63, 3.8) is 0 Å². The summed E-state index contributed by atoms with van der Waals surface area (Å²) in [5.74, 6) is -0.358. The zero-order valence-electron chi connectivity index (χ0n) is 14.7. The first-order valence-corrected chi connectivity index (χ1v) is 9.46. The van der Waals surface area contributed by atoms with Gasteiger partial charge < -0.3 is 14.7 Å². The van der Waals surface area contributed by atoms with Crippen molar-refractivity contribution in [3.8, 4) is 0 Å². The highest BCUT2D eigenvalue weighted by atomic mass is 16.5. The Labute approximate surface area is 152 Å². The summed E-state index contributed by atoms with van der Waals surface area (Å²) in [4.78, 5) is 14.2. The molecule has 26 heavy (non-hydrogen) atoms. The van der Waals surface area contributed by atoms with Gasteiger partial charge in [-0.05, 0) is 61.5 Å². The molecule has 1 N–H and O–H groups in total. The van der Waals surface area contributed by atoms with Gasteiger partial charge in [-0.15, -0.1) is 0 Å². The highest BCUT2D eigenvalue weighted by Crippen LogP contribution is 2.38. The van der Waals surface area contributed by atoms with Crippen molar-refractivity contribution in [2.45, 2.75) is 25.3 Å². The van der Waals surface area contributed by atoms with Crippen LogP contribution < -0.4 is 0 Å². The van der Waals surface area contributed by atoms with Crippen LogP contribution in [0.3, 0.4) is 0 Å². The first-order chi connectivity index (χ1) is 12.7. The molecule has 4 aliphatic heterocycles. The van der Waals surface area contributed by atoms with Crippen LogP contribution in [0.1, 0.15) is 41.4 Å². The van der Waals surface area contributed by atoms with Crippen LogP contribution in [0.25, 0.3) is 16.5 Å². The van der Waals surface area contributed by atoms with Crippen LogP contribution in [0, 0.1) is 5.92 Å². The Balaban J connectivity index is 1.64. The van der Waals surface area contributed by atoms with Crippen LogP contribution in [-0.2, 0) is 4.74 Å². The molecule has 1 atom stereocenters. The maximum absolute atomic E-state index is 11.7. The van der Waals surface area contributed by atoms with Crippen LogP contribution in [0.5, 0.6) is 0 Å². The predicted octanol–water partition coefficient (Wildman–Crippen LogP) is 2.80. The van der Waals surface area contributed by atoms with Crippen LogP contribution in [0.15, 0.2) is 24.3 Å². The number of hydrogen-bond donors (Lipinski definition) is 1. The Morgan fingerprint density at radius 2 is 2.12 bits per heavy atom. The van der Waals surface area contributed by atoms with Gasteiger partial charge in [0.15, 0.2) is 5.69 Å². The smallest absolute Gasteiger partial charge is 0.357 e. The number of fused-ring (bicyclic) bond motifs is 4. The lowest BCUT2D eigenvalue weighted by atomic mass is 9.84. The van der Waals surface area contributed by atoms with Crippen molar-refractivity contribution in [1.29, 1.82) is 0 Å². The van der Waals surface area contributed by atoms with Gasteiger partial charge in [-0.25, -0.2) is 4.79 Å². The van der Waals surface area contributed by atoms with E-state index in [9.17, 15) is 9.90 Å². The van der Waals surface area contributed by atoms with Crippen molar-refractivity contribution in [1.82, 2.24) is 14.7 Å². The lowest BCUT2D eigenvalue weighted by molar-refractivity contribution is 0.0523.